The van der Waals surface area contributed by atoms with Crippen molar-refractivity contribution in [3.63, 3.8) is 0 Å². The quantitative estimate of drug-likeness (QED) is 0.712. The summed E-state index contributed by atoms with van der Waals surface area (Å²) in [5.74, 6) is 2.34. The van der Waals surface area contributed by atoms with Crippen LogP contribution in [0.3, 0.4) is 0 Å². The fraction of sp³-hybridized carbons (Fsp3) is 0.667. The van der Waals surface area contributed by atoms with E-state index in [1.807, 2.05) is 0 Å². The summed E-state index contributed by atoms with van der Waals surface area (Å²) in [5, 5.41) is 0. The molecule has 1 saturated heterocycles. The van der Waals surface area contributed by atoms with Crippen molar-refractivity contribution in [2.24, 2.45) is 11.8 Å². The number of rotatable bonds is 8. The largest absolute Gasteiger partial charge is 0.493 e. The molecule has 0 aromatic heterocycles. The number of likely N-dealkylation sites (tertiary alicyclic amines) is 1. The molecule has 2 rings (SSSR count). The van der Waals surface area contributed by atoms with E-state index >= 15 is 0 Å². The van der Waals surface area contributed by atoms with Crippen LogP contribution in [0, 0.1) is 11.8 Å². The van der Waals surface area contributed by atoms with Crippen molar-refractivity contribution in [1.29, 1.82) is 0 Å². The summed E-state index contributed by atoms with van der Waals surface area (Å²) in [5.41, 5.74) is 0. The third-order valence-electron chi connectivity index (χ3n) is 4.55. The molecule has 1 fully saturated rings. The van der Waals surface area contributed by atoms with E-state index in [1.165, 1.54) is 32.8 Å². The number of hydrogen-bond acceptors (Lipinski definition) is 5. The Balaban J connectivity index is 1.87. The lowest BCUT2D eigenvalue weighted by atomic mass is 9.92. The number of benzene rings is 1. The molecule has 142 valence electrons. The molecule has 0 unspecified atom stereocenters. The lowest BCUT2D eigenvalue weighted by Gasteiger charge is -2.34. The molecule has 0 bridgehead atoms. The summed E-state index contributed by atoms with van der Waals surface area (Å²) >= 11 is 0. The Morgan fingerprint density at radius 3 is 2.36 bits per heavy atom. The van der Waals surface area contributed by atoms with Gasteiger partial charge >= 0.3 is 0 Å². The molecule has 6 nitrogen and oxygen atoms in total. The Labute approximate surface area is 151 Å². The number of nitrogens with zero attached hydrogens (tertiary/aromatic N) is 1. The van der Waals surface area contributed by atoms with Gasteiger partial charge in [0.15, 0.2) is 11.5 Å². The van der Waals surface area contributed by atoms with Gasteiger partial charge in [-0.15, -0.1) is 0 Å². The van der Waals surface area contributed by atoms with Crippen molar-refractivity contribution in [3.8, 4) is 11.5 Å². The van der Waals surface area contributed by atoms with E-state index in [4.69, 9.17) is 9.47 Å². The molecular weight excluding hydrogens is 340 g/mol. The predicted molar refractivity (Wildman–Crippen MR) is 98.7 cm³/mol. The summed E-state index contributed by atoms with van der Waals surface area (Å²) < 4.78 is 37.9. The van der Waals surface area contributed by atoms with Crippen molar-refractivity contribution in [2.75, 3.05) is 40.4 Å². The molecule has 7 heteroatoms. The third kappa shape index (κ3) is 5.59. The lowest BCUT2D eigenvalue weighted by Crippen LogP contribution is -2.40. The van der Waals surface area contributed by atoms with Gasteiger partial charge in [0.05, 0.1) is 19.1 Å². The smallest absolute Gasteiger partial charge is 0.240 e. The number of hydrogen-bond donors (Lipinski definition) is 1. The molecular formula is C18H30N2O4S. The maximum absolute atomic E-state index is 12.4. The standard InChI is InChI=1S/C18H30N2O4S/c1-14-10-15(2)13-20(12-14)9-5-8-19-25(21,22)16-6-7-17(23-3)18(11-16)24-4/h6-7,11,14-15,19H,5,8-10,12-13H2,1-4H3/t14-,15-/m1/s1. The van der Waals surface area contributed by atoms with Crippen molar-refractivity contribution in [1.82, 2.24) is 9.62 Å². The third-order valence-corrected chi connectivity index (χ3v) is 6.01. The first-order valence-corrected chi connectivity index (χ1v) is 10.3. The molecule has 0 radical (unpaired) electrons. The highest BCUT2D eigenvalue weighted by Gasteiger charge is 2.21. The fourth-order valence-corrected chi connectivity index (χ4v) is 4.64. The number of methoxy groups -OCH3 is 2. The van der Waals surface area contributed by atoms with Crippen LogP contribution in [0.1, 0.15) is 26.7 Å². The molecule has 0 amide bonds. The molecule has 0 aliphatic carbocycles. The summed E-state index contributed by atoms with van der Waals surface area (Å²) in [6.45, 7) is 8.11. The topological polar surface area (TPSA) is 67.9 Å². The molecule has 1 aliphatic heterocycles. The maximum atomic E-state index is 12.4. The second-order valence-corrected chi connectivity index (χ2v) is 8.74. The molecule has 1 heterocycles. The maximum Gasteiger partial charge on any atom is 0.240 e. The highest BCUT2D eigenvalue weighted by molar-refractivity contribution is 7.89. The Morgan fingerprint density at radius 2 is 1.76 bits per heavy atom. The van der Waals surface area contributed by atoms with Crippen LogP contribution in [0.15, 0.2) is 23.1 Å². The molecule has 2 atom stereocenters. The van der Waals surface area contributed by atoms with Gasteiger partial charge in [-0.1, -0.05) is 13.8 Å². The summed E-state index contributed by atoms with van der Waals surface area (Å²) in [4.78, 5) is 2.62. The van der Waals surface area contributed by atoms with Crippen molar-refractivity contribution in [3.05, 3.63) is 18.2 Å². The van der Waals surface area contributed by atoms with Gasteiger partial charge in [0.2, 0.25) is 10.0 Å². The number of nitrogens with one attached hydrogen (secondary N) is 1. The van der Waals surface area contributed by atoms with Gasteiger partial charge in [-0.25, -0.2) is 13.1 Å². The zero-order valence-corrected chi connectivity index (χ0v) is 16.4. The first-order chi connectivity index (χ1) is 11.9. The average molecular weight is 371 g/mol. The highest BCUT2D eigenvalue weighted by atomic mass is 32.2. The van der Waals surface area contributed by atoms with Crippen LogP contribution in [-0.4, -0.2) is 53.7 Å². The monoisotopic (exact) mass is 370 g/mol. The number of ether oxygens (including phenoxy) is 2. The first kappa shape index (κ1) is 20.0. The number of sulfonamides is 1. The van der Waals surface area contributed by atoms with Crippen molar-refractivity contribution in [2.45, 2.75) is 31.6 Å². The van der Waals surface area contributed by atoms with Crippen molar-refractivity contribution < 1.29 is 17.9 Å². The van der Waals surface area contributed by atoms with Crippen LogP contribution < -0.4 is 14.2 Å². The summed E-state index contributed by atoms with van der Waals surface area (Å²) in [6, 6.07) is 4.61. The van der Waals surface area contributed by atoms with E-state index < -0.39 is 10.0 Å². The first-order valence-electron chi connectivity index (χ1n) is 8.79. The van der Waals surface area contributed by atoms with Gasteiger partial charge in [-0.3, -0.25) is 0 Å². The normalized spacial score (nSPS) is 21.9. The lowest BCUT2D eigenvalue weighted by molar-refractivity contribution is 0.140. The molecule has 1 aromatic rings. The molecule has 1 aromatic carbocycles. The zero-order valence-electron chi connectivity index (χ0n) is 15.6. The minimum Gasteiger partial charge on any atom is -0.493 e. The Morgan fingerprint density at radius 1 is 1.12 bits per heavy atom. The fourth-order valence-electron chi connectivity index (χ4n) is 3.55. The summed E-state index contributed by atoms with van der Waals surface area (Å²) in [6.07, 6.45) is 2.08. The van der Waals surface area contributed by atoms with Gasteiger partial charge in [-0.05, 0) is 43.4 Å². The Hall–Kier alpha value is -1.31. The van der Waals surface area contributed by atoms with Crippen LogP contribution in [0.4, 0.5) is 0 Å². The summed E-state index contributed by atoms with van der Waals surface area (Å²) in [7, 11) is -0.538. The van der Waals surface area contributed by atoms with Gasteiger partial charge in [0, 0.05) is 25.7 Å². The minimum atomic E-state index is -3.55. The van der Waals surface area contributed by atoms with Crippen LogP contribution in [0.5, 0.6) is 11.5 Å². The van der Waals surface area contributed by atoms with E-state index in [1.54, 1.807) is 6.07 Å². The van der Waals surface area contributed by atoms with Gasteiger partial charge in [0.25, 0.3) is 0 Å². The van der Waals surface area contributed by atoms with E-state index in [0.717, 1.165) is 26.1 Å². The molecule has 0 saturated carbocycles. The van der Waals surface area contributed by atoms with E-state index in [2.05, 4.69) is 23.5 Å². The Kier molecular flexibility index (Phi) is 7.10. The van der Waals surface area contributed by atoms with Crippen LogP contribution in [-0.2, 0) is 10.0 Å². The van der Waals surface area contributed by atoms with Crippen LogP contribution in [0.25, 0.3) is 0 Å². The second kappa shape index (κ2) is 8.87. The minimum absolute atomic E-state index is 0.186. The van der Waals surface area contributed by atoms with Crippen molar-refractivity contribution >= 4 is 10.0 Å². The Bertz CT molecular complexity index is 653. The molecule has 0 spiro atoms. The van der Waals surface area contributed by atoms with E-state index in [9.17, 15) is 8.42 Å². The van der Waals surface area contributed by atoms with Gasteiger partial charge in [-0.2, -0.15) is 0 Å². The van der Waals surface area contributed by atoms with E-state index in [0.29, 0.717) is 29.9 Å². The molecule has 25 heavy (non-hydrogen) atoms. The van der Waals surface area contributed by atoms with Gasteiger partial charge in [0.1, 0.15) is 0 Å². The number of piperidine rings is 1. The van der Waals surface area contributed by atoms with Gasteiger partial charge < -0.3 is 14.4 Å². The highest BCUT2D eigenvalue weighted by Crippen LogP contribution is 2.29. The average Bonchev–Trinajstić information content (AvgIpc) is 2.57. The second-order valence-electron chi connectivity index (χ2n) is 6.97. The zero-order chi connectivity index (χ0) is 18.4. The van der Waals surface area contributed by atoms with Crippen LogP contribution in [0.2, 0.25) is 0 Å². The molecule has 1 aliphatic rings. The van der Waals surface area contributed by atoms with E-state index in [-0.39, 0.29) is 4.90 Å². The SMILES string of the molecule is COc1ccc(S(=O)(=O)NCCCN2C[C@H](C)C[C@@H](C)C2)cc1OC. The predicted octanol–water partition coefficient (Wildman–Crippen LogP) is 2.35. The van der Waals surface area contributed by atoms with Crippen LogP contribution >= 0.6 is 0 Å². The molecule has 1 N–H and O–H groups in total.